The first-order valence-corrected chi connectivity index (χ1v) is 9.85. The Hall–Kier alpha value is -2.60. The van der Waals surface area contributed by atoms with Crippen LogP contribution in [-0.2, 0) is 24.8 Å². The molecule has 0 unspecified atom stereocenters. The Morgan fingerprint density at radius 2 is 1.85 bits per heavy atom. The normalized spacial score (nSPS) is 11.0. The Morgan fingerprint density at radius 1 is 1.15 bits per heavy atom. The maximum atomic E-state index is 12.3. The van der Waals surface area contributed by atoms with Gasteiger partial charge in [0.15, 0.2) is 0 Å². The van der Waals surface area contributed by atoms with Crippen molar-refractivity contribution < 1.29 is 4.79 Å². The summed E-state index contributed by atoms with van der Waals surface area (Å²) < 4.78 is 1.82. The Labute approximate surface area is 164 Å². The van der Waals surface area contributed by atoms with E-state index < -0.39 is 0 Å². The number of hydrogen-bond acceptors (Lipinski definition) is 4. The van der Waals surface area contributed by atoms with Gasteiger partial charge in [-0.25, -0.2) is 0 Å². The van der Waals surface area contributed by atoms with E-state index in [-0.39, 0.29) is 5.91 Å². The molecule has 0 atom stereocenters. The van der Waals surface area contributed by atoms with E-state index >= 15 is 0 Å². The number of nitrogens with zero attached hydrogens (tertiary/aromatic N) is 3. The minimum Gasteiger partial charge on any atom is -0.350 e. The molecule has 0 saturated carbocycles. The molecular formula is C21H24N4OS. The van der Waals surface area contributed by atoms with Gasteiger partial charge in [-0.05, 0) is 35.9 Å². The van der Waals surface area contributed by atoms with Crippen LogP contribution in [0.5, 0.6) is 0 Å². The molecular weight excluding hydrogens is 356 g/mol. The summed E-state index contributed by atoms with van der Waals surface area (Å²) in [7, 11) is 1.90. The van der Waals surface area contributed by atoms with E-state index in [9.17, 15) is 4.79 Å². The second-order valence-electron chi connectivity index (χ2n) is 6.64. The lowest BCUT2D eigenvalue weighted by Crippen LogP contribution is -2.24. The Kier molecular flexibility index (Phi) is 6.29. The average molecular weight is 381 g/mol. The topological polar surface area (TPSA) is 59.8 Å². The van der Waals surface area contributed by atoms with E-state index in [1.54, 1.807) is 12.4 Å². The summed E-state index contributed by atoms with van der Waals surface area (Å²) in [4.78, 5) is 17.5. The zero-order chi connectivity index (χ0) is 19.2. The monoisotopic (exact) mass is 380 g/mol. The Balaban J connectivity index is 1.55. The van der Waals surface area contributed by atoms with Gasteiger partial charge in [-0.3, -0.25) is 14.5 Å². The van der Waals surface area contributed by atoms with Crippen LogP contribution in [-0.4, -0.2) is 25.9 Å². The summed E-state index contributed by atoms with van der Waals surface area (Å²) in [6.07, 6.45) is 3.89. The van der Waals surface area contributed by atoms with Gasteiger partial charge >= 0.3 is 0 Å². The predicted octanol–water partition coefficient (Wildman–Crippen LogP) is 3.84. The number of aromatic nitrogens is 3. The number of amides is 1. The van der Waals surface area contributed by atoms with Crippen molar-refractivity contribution in [3.8, 4) is 11.3 Å². The minimum atomic E-state index is -0.00428. The molecule has 1 aromatic carbocycles. The van der Waals surface area contributed by atoms with E-state index in [0.717, 1.165) is 22.5 Å². The standard InChI is InChI=1S/C21H24N4OS/c1-15(2)27-19-6-4-16(5-7-19)12-21(26)23-14-18-13-20(25(3)24-18)17-8-10-22-11-9-17/h4-11,13,15H,12,14H2,1-3H3,(H,23,26). The second-order valence-corrected chi connectivity index (χ2v) is 8.29. The largest absolute Gasteiger partial charge is 0.350 e. The molecule has 0 radical (unpaired) electrons. The van der Waals surface area contributed by atoms with Gasteiger partial charge in [0.1, 0.15) is 0 Å². The van der Waals surface area contributed by atoms with Crippen molar-refractivity contribution in [2.75, 3.05) is 0 Å². The highest BCUT2D eigenvalue weighted by atomic mass is 32.2. The molecule has 1 amide bonds. The maximum Gasteiger partial charge on any atom is 0.224 e. The highest BCUT2D eigenvalue weighted by molar-refractivity contribution is 7.99. The zero-order valence-corrected chi connectivity index (χ0v) is 16.7. The van der Waals surface area contributed by atoms with E-state index in [4.69, 9.17) is 0 Å². The molecule has 0 aliphatic heterocycles. The number of nitrogens with one attached hydrogen (secondary N) is 1. The lowest BCUT2D eigenvalue weighted by Gasteiger charge is -2.07. The van der Waals surface area contributed by atoms with Crippen LogP contribution in [0, 0.1) is 0 Å². The minimum absolute atomic E-state index is 0.00428. The number of pyridine rings is 1. The highest BCUT2D eigenvalue weighted by Crippen LogP contribution is 2.23. The molecule has 3 rings (SSSR count). The third-order valence-electron chi connectivity index (χ3n) is 4.03. The van der Waals surface area contributed by atoms with Gasteiger partial charge in [0, 0.05) is 35.2 Å². The fraction of sp³-hybridized carbons (Fsp3) is 0.286. The smallest absolute Gasteiger partial charge is 0.224 e. The lowest BCUT2D eigenvalue weighted by atomic mass is 10.1. The van der Waals surface area contributed by atoms with Gasteiger partial charge in [-0.2, -0.15) is 5.10 Å². The number of rotatable bonds is 7. The van der Waals surface area contributed by atoms with E-state index in [1.807, 2.05) is 53.8 Å². The van der Waals surface area contributed by atoms with Crippen molar-refractivity contribution in [3.05, 3.63) is 66.1 Å². The number of hydrogen-bond donors (Lipinski definition) is 1. The number of carbonyl (C=O) groups excluding carboxylic acids is 1. The molecule has 1 N–H and O–H groups in total. The molecule has 3 aromatic rings. The molecule has 5 nitrogen and oxygen atoms in total. The van der Waals surface area contributed by atoms with Crippen molar-refractivity contribution in [1.82, 2.24) is 20.1 Å². The summed E-state index contributed by atoms with van der Waals surface area (Å²) in [5.41, 5.74) is 3.90. The second kappa shape index (κ2) is 8.86. The molecule has 0 spiro atoms. The summed E-state index contributed by atoms with van der Waals surface area (Å²) in [6.45, 7) is 4.76. The van der Waals surface area contributed by atoms with Crippen molar-refractivity contribution in [3.63, 3.8) is 0 Å². The summed E-state index contributed by atoms with van der Waals surface area (Å²) >= 11 is 1.82. The number of carbonyl (C=O) groups is 1. The van der Waals surface area contributed by atoms with Crippen LogP contribution >= 0.6 is 11.8 Å². The molecule has 0 aliphatic rings. The Morgan fingerprint density at radius 3 is 2.52 bits per heavy atom. The van der Waals surface area contributed by atoms with Gasteiger partial charge in [0.2, 0.25) is 5.91 Å². The maximum absolute atomic E-state index is 12.3. The third kappa shape index (κ3) is 5.44. The first-order valence-electron chi connectivity index (χ1n) is 8.97. The van der Waals surface area contributed by atoms with Crippen LogP contribution in [0.15, 0.2) is 59.8 Å². The number of benzene rings is 1. The van der Waals surface area contributed by atoms with Crippen LogP contribution in [0.25, 0.3) is 11.3 Å². The summed E-state index contributed by atoms with van der Waals surface area (Å²) in [6, 6.07) is 14.1. The number of thioether (sulfide) groups is 1. The molecule has 27 heavy (non-hydrogen) atoms. The van der Waals surface area contributed by atoms with Crippen LogP contribution in [0.4, 0.5) is 0 Å². The van der Waals surface area contributed by atoms with Crippen molar-refractivity contribution in [1.29, 1.82) is 0 Å². The fourth-order valence-electron chi connectivity index (χ4n) is 2.80. The van der Waals surface area contributed by atoms with E-state index in [2.05, 4.69) is 41.4 Å². The van der Waals surface area contributed by atoms with E-state index in [0.29, 0.717) is 18.2 Å². The van der Waals surface area contributed by atoms with Gasteiger partial charge in [-0.15, -0.1) is 11.8 Å². The van der Waals surface area contributed by atoms with Gasteiger partial charge in [0.05, 0.1) is 24.4 Å². The van der Waals surface area contributed by atoms with Crippen LogP contribution in [0.3, 0.4) is 0 Å². The lowest BCUT2D eigenvalue weighted by molar-refractivity contribution is -0.120. The Bertz CT molecular complexity index is 888. The van der Waals surface area contributed by atoms with Gasteiger partial charge < -0.3 is 5.32 Å². The van der Waals surface area contributed by atoms with Crippen LogP contribution in [0.1, 0.15) is 25.1 Å². The van der Waals surface area contributed by atoms with Crippen molar-refractivity contribution in [2.24, 2.45) is 7.05 Å². The first kappa shape index (κ1) is 19.2. The predicted molar refractivity (Wildman–Crippen MR) is 109 cm³/mol. The molecule has 0 bridgehead atoms. The van der Waals surface area contributed by atoms with Gasteiger partial charge in [-0.1, -0.05) is 26.0 Å². The summed E-state index contributed by atoms with van der Waals surface area (Å²) in [5, 5.41) is 7.99. The van der Waals surface area contributed by atoms with Crippen molar-refractivity contribution in [2.45, 2.75) is 37.0 Å². The average Bonchev–Trinajstić information content (AvgIpc) is 3.03. The molecule has 6 heteroatoms. The molecule has 140 valence electrons. The van der Waals surface area contributed by atoms with Crippen molar-refractivity contribution >= 4 is 17.7 Å². The first-order chi connectivity index (χ1) is 13.0. The molecule has 0 aliphatic carbocycles. The highest BCUT2D eigenvalue weighted by Gasteiger charge is 2.09. The molecule has 0 saturated heterocycles. The zero-order valence-electron chi connectivity index (χ0n) is 15.8. The quantitative estimate of drug-likeness (QED) is 0.633. The number of aryl methyl sites for hydroxylation is 1. The van der Waals surface area contributed by atoms with Gasteiger partial charge in [0.25, 0.3) is 0 Å². The summed E-state index contributed by atoms with van der Waals surface area (Å²) in [5.74, 6) is -0.00428. The fourth-order valence-corrected chi connectivity index (χ4v) is 3.64. The van der Waals surface area contributed by atoms with E-state index in [1.165, 1.54) is 4.90 Å². The van der Waals surface area contributed by atoms with Crippen LogP contribution < -0.4 is 5.32 Å². The molecule has 2 heterocycles. The SMILES string of the molecule is CC(C)Sc1ccc(CC(=O)NCc2cc(-c3ccncc3)n(C)n2)cc1. The third-order valence-corrected chi connectivity index (χ3v) is 5.05. The van der Waals surface area contributed by atoms with Crippen LogP contribution in [0.2, 0.25) is 0 Å². The molecule has 2 aromatic heterocycles. The molecule has 0 fully saturated rings.